The van der Waals surface area contributed by atoms with Crippen molar-refractivity contribution in [1.29, 1.82) is 0 Å². The molecule has 0 saturated carbocycles. The Hall–Kier alpha value is -1.26. The van der Waals surface area contributed by atoms with Gasteiger partial charge in [0.2, 0.25) is 0 Å². The highest BCUT2D eigenvalue weighted by molar-refractivity contribution is 6.33. The Morgan fingerprint density at radius 2 is 2.11 bits per heavy atom. The molecule has 4 nitrogen and oxygen atoms in total. The lowest BCUT2D eigenvalue weighted by Crippen LogP contribution is -2.45. The van der Waals surface area contributed by atoms with E-state index in [-0.39, 0.29) is 5.97 Å². The zero-order chi connectivity index (χ0) is 14.3. The summed E-state index contributed by atoms with van der Waals surface area (Å²) < 4.78 is 10.2. The average molecular weight is 286 g/mol. The predicted molar refractivity (Wildman–Crippen MR) is 76.6 cm³/mol. The van der Waals surface area contributed by atoms with E-state index in [1.165, 1.54) is 0 Å². The largest absolute Gasteiger partial charge is 0.464 e. The van der Waals surface area contributed by atoms with Crippen LogP contribution in [-0.4, -0.2) is 31.8 Å². The molecule has 1 aromatic carbocycles. The summed E-state index contributed by atoms with van der Waals surface area (Å²) in [7, 11) is 1.60. The number of carbonyl (C=O) groups is 1. The van der Waals surface area contributed by atoms with Crippen molar-refractivity contribution in [2.75, 3.05) is 25.6 Å². The summed E-state index contributed by atoms with van der Waals surface area (Å²) in [5.41, 5.74) is -0.160. The number of ether oxygens (including phenoxy) is 2. The van der Waals surface area contributed by atoms with E-state index in [0.717, 1.165) is 0 Å². The molecule has 5 heteroatoms. The van der Waals surface area contributed by atoms with Gasteiger partial charge >= 0.3 is 5.97 Å². The first kappa shape index (κ1) is 15.8. The number of rotatable bonds is 7. The lowest BCUT2D eigenvalue weighted by Gasteiger charge is -2.29. The number of nitrogens with one attached hydrogen (secondary N) is 1. The minimum atomic E-state index is -0.864. The first-order valence-corrected chi connectivity index (χ1v) is 6.60. The van der Waals surface area contributed by atoms with Crippen LogP contribution >= 0.6 is 11.6 Å². The van der Waals surface area contributed by atoms with E-state index in [1.54, 1.807) is 27.0 Å². The van der Waals surface area contributed by atoms with Crippen molar-refractivity contribution in [3.8, 4) is 0 Å². The summed E-state index contributed by atoms with van der Waals surface area (Å²) in [5.74, 6) is -0.313. The van der Waals surface area contributed by atoms with Crippen LogP contribution in [0.3, 0.4) is 0 Å². The summed E-state index contributed by atoms with van der Waals surface area (Å²) >= 11 is 6.10. The molecule has 0 bridgehead atoms. The van der Waals surface area contributed by atoms with Crippen LogP contribution in [0, 0.1) is 0 Å². The molecule has 0 amide bonds. The summed E-state index contributed by atoms with van der Waals surface area (Å²) in [6.45, 7) is 4.36. The molecule has 1 rings (SSSR count). The van der Waals surface area contributed by atoms with Gasteiger partial charge in [0.05, 0.1) is 17.3 Å². The van der Waals surface area contributed by atoms with E-state index in [1.807, 2.05) is 18.2 Å². The van der Waals surface area contributed by atoms with Gasteiger partial charge in [-0.15, -0.1) is 0 Å². The molecular formula is C14H20ClNO3. The van der Waals surface area contributed by atoms with E-state index in [0.29, 0.717) is 30.3 Å². The second-order valence-corrected chi connectivity index (χ2v) is 4.81. The van der Waals surface area contributed by atoms with Crippen molar-refractivity contribution in [1.82, 2.24) is 0 Å². The second kappa shape index (κ2) is 7.36. The minimum absolute atomic E-state index is 0.313. The topological polar surface area (TPSA) is 47.6 Å². The Bertz CT molecular complexity index is 425. The standard InChI is InChI=1S/C14H20ClNO3/c1-4-19-13(17)14(2,9-10-18-3)16-12-8-6-5-7-11(12)15/h5-8,16H,4,9-10H2,1-3H3. The van der Waals surface area contributed by atoms with Crippen molar-refractivity contribution >= 4 is 23.3 Å². The molecule has 1 aromatic rings. The number of benzene rings is 1. The third-order valence-electron chi connectivity index (χ3n) is 2.82. The van der Waals surface area contributed by atoms with Gasteiger partial charge in [-0.25, -0.2) is 4.79 Å². The van der Waals surface area contributed by atoms with Gasteiger partial charge in [0.15, 0.2) is 0 Å². The fourth-order valence-corrected chi connectivity index (χ4v) is 1.85. The highest BCUT2D eigenvalue weighted by atomic mass is 35.5. The smallest absolute Gasteiger partial charge is 0.331 e. The molecule has 0 spiro atoms. The van der Waals surface area contributed by atoms with Crippen LogP contribution in [0.15, 0.2) is 24.3 Å². The molecule has 0 aliphatic rings. The fourth-order valence-electron chi connectivity index (χ4n) is 1.67. The highest BCUT2D eigenvalue weighted by Crippen LogP contribution is 2.26. The summed E-state index contributed by atoms with van der Waals surface area (Å²) in [6, 6.07) is 7.29. The van der Waals surface area contributed by atoms with Crippen molar-refractivity contribution in [3.63, 3.8) is 0 Å². The number of esters is 1. The first-order valence-electron chi connectivity index (χ1n) is 6.22. The van der Waals surface area contributed by atoms with Crippen LogP contribution in [0.5, 0.6) is 0 Å². The Kier molecular flexibility index (Phi) is 6.12. The van der Waals surface area contributed by atoms with Crippen molar-refractivity contribution in [2.24, 2.45) is 0 Å². The van der Waals surface area contributed by atoms with Crippen LogP contribution in [0.25, 0.3) is 0 Å². The molecule has 1 N–H and O–H groups in total. The number of halogens is 1. The molecule has 0 aliphatic carbocycles. The van der Waals surface area contributed by atoms with Crippen LogP contribution in [-0.2, 0) is 14.3 Å². The molecule has 0 aliphatic heterocycles. The summed E-state index contributed by atoms with van der Waals surface area (Å²) in [4.78, 5) is 12.1. The lowest BCUT2D eigenvalue weighted by molar-refractivity contribution is -0.148. The maximum atomic E-state index is 12.1. The Balaban J connectivity index is 2.91. The number of hydrogen-bond donors (Lipinski definition) is 1. The maximum absolute atomic E-state index is 12.1. The van der Waals surface area contributed by atoms with Crippen molar-refractivity contribution in [3.05, 3.63) is 29.3 Å². The molecule has 106 valence electrons. The van der Waals surface area contributed by atoms with E-state index in [9.17, 15) is 4.79 Å². The van der Waals surface area contributed by atoms with Gasteiger partial charge in [-0.3, -0.25) is 0 Å². The molecule has 1 atom stereocenters. The van der Waals surface area contributed by atoms with Gasteiger partial charge in [0, 0.05) is 20.1 Å². The van der Waals surface area contributed by atoms with E-state index in [4.69, 9.17) is 21.1 Å². The lowest BCUT2D eigenvalue weighted by atomic mass is 9.97. The van der Waals surface area contributed by atoms with Crippen molar-refractivity contribution in [2.45, 2.75) is 25.8 Å². The van der Waals surface area contributed by atoms with E-state index >= 15 is 0 Å². The van der Waals surface area contributed by atoms with Gasteiger partial charge in [-0.2, -0.15) is 0 Å². The zero-order valence-electron chi connectivity index (χ0n) is 11.5. The molecule has 1 unspecified atom stereocenters. The fraction of sp³-hybridized carbons (Fsp3) is 0.500. The number of carbonyl (C=O) groups excluding carboxylic acids is 1. The van der Waals surface area contributed by atoms with Crippen LogP contribution in [0.1, 0.15) is 20.3 Å². The number of para-hydroxylation sites is 1. The van der Waals surface area contributed by atoms with Crippen LogP contribution < -0.4 is 5.32 Å². The van der Waals surface area contributed by atoms with Crippen molar-refractivity contribution < 1.29 is 14.3 Å². The monoisotopic (exact) mass is 285 g/mol. The number of hydrogen-bond acceptors (Lipinski definition) is 4. The van der Waals surface area contributed by atoms with E-state index < -0.39 is 5.54 Å². The van der Waals surface area contributed by atoms with E-state index in [2.05, 4.69) is 5.32 Å². The number of methoxy groups -OCH3 is 1. The Labute approximate surface area is 119 Å². The third kappa shape index (κ3) is 4.40. The third-order valence-corrected chi connectivity index (χ3v) is 3.15. The average Bonchev–Trinajstić information content (AvgIpc) is 2.39. The molecular weight excluding hydrogens is 266 g/mol. The molecule has 0 radical (unpaired) electrons. The molecule has 0 aromatic heterocycles. The normalized spacial score (nSPS) is 13.7. The first-order chi connectivity index (χ1) is 9.03. The minimum Gasteiger partial charge on any atom is -0.464 e. The van der Waals surface area contributed by atoms with Gasteiger partial charge in [0.25, 0.3) is 0 Å². The second-order valence-electron chi connectivity index (χ2n) is 4.40. The van der Waals surface area contributed by atoms with Crippen LogP contribution in [0.2, 0.25) is 5.02 Å². The highest BCUT2D eigenvalue weighted by Gasteiger charge is 2.34. The molecule has 0 heterocycles. The quantitative estimate of drug-likeness (QED) is 0.782. The maximum Gasteiger partial charge on any atom is 0.331 e. The predicted octanol–water partition coefficient (Wildman–Crippen LogP) is 3.11. The number of anilines is 1. The van der Waals surface area contributed by atoms with Gasteiger partial charge < -0.3 is 14.8 Å². The SMILES string of the molecule is CCOC(=O)C(C)(CCOC)Nc1ccccc1Cl. The molecule has 19 heavy (non-hydrogen) atoms. The summed E-state index contributed by atoms with van der Waals surface area (Å²) in [6.07, 6.45) is 0.494. The van der Waals surface area contributed by atoms with Gasteiger partial charge in [0.1, 0.15) is 5.54 Å². The van der Waals surface area contributed by atoms with Gasteiger partial charge in [-0.1, -0.05) is 23.7 Å². The molecule has 0 saturated heterocycles. The summed E-state index contributed by atoms with van der Waals surface area (Å²) in [5, 5.41) is 3.72. The van der Waals surface area contributed by atoms with Crippen LogP contribution in [0.4, 0.5) is 5.69 Å². The zero-order valence-corrected chi connectivity index (χ0v) is 12.3. The molecule has 0 fully saturated rings. The van der Waals surface area contributed by atoms with Gasteiger partial charge in [-0.05, 0) is 26.0 Å². The Morgan fingerprint density at radius 3 is 2.68 bits per heavy atom. The Morgan fingerprint density at radius 1 is 1.42 bits per heavy atom.